The van der Waals surface area contributed by atoms with E-state index in [1.807, 2.05) is 30.3 Å². The number of amides is 1. The largest absolute Gasteiger partial charge is 0.497 e. The monoisotopic (exact) mass is 407 g/mol. The number of nitrogens with one attached hydrogen (secondary N) is 1. The van der Waals surface area contributed by atoms with E-state index in [1.165, 1.54) is 7.11 Å². The third-order valence-electron chi connectivity index (χ3n) is 3.46. The van der Waals surface area contributed by atoms with Crippen LogP contribution in [0.3, 0.4) is 0 Å². The SMILES string of the molecule is COc1ccc(Br)c([C@H](CC(=O)O)NC(=O)OCc2ccccc2)c1. The number of carbonyl (C=O) groups excluding carboxylic acids is 1. The fourth-order valence-electron chi connectivity index (χ4n) is 2.24. The topological polar surface area (TPSA) is 84.9 Å². The maximum Gasteiger partial charge on any atom is 0.407 e. The summed E-state index contributed by atoms with van der Waals surface area (Å²) in [6.45, 7) is 0.103. The Morgan fingerprint density at radius 1 is 1.20 bits per heavy atom. The molecule has 1 atom stereocenters. The summed E-state index contributed by atoms with van der Waals surface area (Å²) < 4.78 is 11.0. The average molecular weight is 408 g/mol. The van der Waals surface area contributed by atoms with Crippen molar-refractivity contribution in [2.75, 3.05) is 7.11 Å². The van der Waals surface area contributed by atoms with Crippen molar-refractivity contribution in [2.45, 2.75) is 19.1 Å². The van der Waals surface area contributed by atoms with Crippen molar-refractivity contribution in [3.05, 3.63) is 64.1 Å². The summed E-state index contributed by atoms with van der Waals surface area (Å²) in [5, 5.41) is 11.7. The zero-order valence-corrected chi connectivity index (χ0v) is 15.2. The second-order valence-corrected chi connectivity index (χ2v) is 6.10. The van der Waals surface area contributed by atoms with Gasteiger partial charge in [-0.1, -0.05) is 46.3 Å². The van der Waals surface area contributed by atoms with Crippen molar-refractivity contribution in [2.24, 2.45) is 0 Å². The normalized spacial score (nSPS) is 11.4. The molecule has 0 saturated carbocycles. The predicted octanol–water partition coefficient (Wildman–Crippen LogP) is 3.90. The lowest BCUT2D eigenvalue weighted by molar-refractivity contribution is -0.137. The number of halogens is 1. The zero-order valence-electron chi connectivity index (χ0n) is 13.6. The van der Waals surface area contributed by atoms with Gasteiger partial charge in [0.2, 0.25) is 0 Å². The lowest BCUT2D eigenvalue weighted by Crippen LogP contribution is -2.31. The number of ether oxygens (including phenoxy) is 2. The Balaban J connectivity index is 2.09. The minimum atomic E-state index is -1.04. The van der Waals surface area contributed by atoms with E-state index in [0.717, 1.165) is 5.56 Å². The Labute approximate surface area is 153 Å². The van der Waals surface area contributed by atoms with Crippen molar-refractivity contribution in [3.8, 4) is 5.75 Å². The molecule has 0 heterocycles. The molecule has 2 N–H and O–H groups in total. The van der Waals surface area contributed by atoms with Crippen molar-refractivity contribution in [1.82, 2.24) is 5.32 Å². The van der Waals surface area contributed by atoms with Gasteiger partial charge in [0.15, 0.2) is 0 Å². The van der Waals surface area contributed by atoms with Gasteiger partial charge >= 0.3 is 12.1 Å². The highest BCUT2D eigenvalue weighted by Gasteiger charge is 2.21. The van der Waals surface area contributed by atoms with Crippen LogP contribution in [0.5, 0.6) is 5.75 Å². The van der Waals surface area contributed by atoms with E-state index in [2.05, 4.69) is 21.2 Å². The van der Waals surface area contributed by atoms with E-state index in [0.29, 0.717) is 15.8 Å². The number of rotatable bonds is 7. The van der Waals surface area contributed by atoms with Gasteiger partial charge in [-0.25, -0.2) is 4.79 Å². The molecule has 0 aliphatic rings. The molecule has 0 aromatic heterocycles. The Morgan fingerprint density at radius 2 is 1.92 bits per heavy atom. The number of hydrogen-bond donors (Lipinski definition) is 2. The number of methoxy groups -OCH3 is 1. The smallest absolute Gasteiger partial charge is 0.407 e. The first-order chi connectivity index (χ1) is 12.0. The molecule has 132 valence electrons. The van der Waals surface area contributed by atoms with Crippen LogP contribution in [-0.4, -0.2) is 24.3 Å². The maximum atomic E-state index is 12.1. The van der Waals surface area contributed by atoms with E-state index >= 15 is 0 Å². The Kier molecular flexibility index (Phi) is 6.82. The summed E-state index contributed by atoms with van der Waals surface area (Å²) in [4.78, 5) is 23.2. The summed E-state index contributed by atoms with van der Waals surface area (Å²) >= 11 is 3.38. The summed E-state index contributed by atoms with van der Waals surface area (Å²) in [6, 6.07) is 13.6. The first-order valence-corrected chi connectivity index (χ1v) is 8.31. The van der Waals surface area contributed by atoms with Gasteiger partial charge in [0.1, 0.15) is 12.4 Å². The number of carboxylic acid groups (broad SMARTS) is 1. The Hall–Kier alpha value is -2.54. The minimum Gasteiger partial charge on any atom is -0.497 e. The number of carbonyl (C=O) groups is 2. The fraction of sp³-hybridized carbons (Fsp3) is 0.222. The molecule has 2 aromatic carbocycles. The van der Waals surface area contributed by atoms with Gasteiger partial charge in [-0.15, -0.1) is 0 Å². The number of hydrogen-bond acceptors (Lipinski definition) is 4. The van der Waals surface area contributed by atoms with Gasteiger partial charge in [0, 0.05) is 4.47 Å². The molecule has 2 rings (SSSR count). The molecule has 0 spiro atoms. The molecule has 0 fully saturated rings. The highest BCUT2D eigenvalue weighted by Crippen LogP contribution is 2.29. The minimum absolute atomic E-state index is 0.103. The molecule has 0 saturated heterocycles. The molecule has 0 aliphatic heterocycles. The van der Waals surface area contributed by atoms with Crippen LogP contribution in [-0.2, 0) is 16.1 Å². The lowest BCUT2D eigenvalue weighted by atomic mass is 10.0. The molecular formula is C18H18BrNO5. The predicted molar refractivity (Wildman–Crippen MR) is 95.5 cm³/mol. The molecule has 6 nitrogen and oxygen atoms in total. The van der Waals surface area contributed by atoms with Crippen LogP contribution in [0.2, 0.25) is 0 Å². The maximum absolute atomic E-state index is 12.1. The molecule has 1 amide bonds. The van der Waals surface area contributed by atoms with Crippen molar-refractivity contribution < 1.29 is 24.2 Å². The average Bonchev–Trinajstić information content (AvgIpc) is 2.60. The number of carboxylic acids is 1. The van der Waals surface area contributed by atoms with Crippen molar-refractivity contribution >= 4 is 28.0 Å². The van der Waals surface area contributed by atoms with Gasteiger partial charge < -0.3 is 19.9 Å². The fourth-order valence-corrected chi connectivity index (χ4v) is 2.76. The Morgan fingerprint density at radius 3 is 2.56 bits per heavy atom. The van der Waals surface area contributed by atoms with E-state index in [9.17, 15) is 9.59 Å². The van der Waals surface area contributed by atoms with E-state index in [-0.39, 0.29) is 13.0 Å². The lowest BCUT2D eigenvalue weighted by Gasteiger charge is -2.19. The molecule has 0 bridgehead atoms. The molecule has 0 aliphatic carbocycles. The molecule has 0 radical (unpaired) electrons. The van der Waals surface area contributed by atoms with Crippen LogP contribution >= 0.6 is 15.9 Å². The number of alkyl carbamates (subject to hydrolysis) is 1. The van der Waals surface area contributed by atoms with Crippen LogP contribution in [0.4, 0.5) is 4.79 Å². The van der Waals surface area contributed by atoms with Crippen LogP contribution < -0.4 is 10.1 Å². The van der Waals surface area contributed by atoms with Crippen LogP contribution in [0.15, 0.2) is 53.0 Å². The first kappa shape index (κ1) is 18.8. The molecule has 25 heavy (non-hydrogen) atoms. The van der Waals surface area contributed by atoms with Gasteiger partial charge in [-0.2, -0.15) is 0 Å². The van der Waals surface area contributed by atoms with Crippen LogP contribution in [0.1, 0.15) is 23.6 Å². The summed E-state index contributed by atoms with van der Waals surface area (Å²) in [5.41, 5.74) is 1.44. The molecule has 7 heteroatoms. The van der Waals surface area contributed by atoms with E-state index < -0.39 is 18.1 Å². The highest BCUT2D eigenvalue weighted by atomic mass is 79.9. The molecule has 2 aromatic rings. The first-order valence-electron chi connectivity index (χ1n) is 7.52. The second kappa shape index (κ2) is 9.08. The second-order valence-electron chi connectivity index (χ2n) is 5.24. The van der Waals surface area contributed by atoms with E-state index in [4.69, 9.17) is 14.6 Å². The highest BCUT2D eigenvalue weighted by molar-refractivity contribution is 9.10. The van der Waals surface area contributed by atoms with Gasteiger partial charge in [0.25, 0.3) is 0 Å². The van der Waals surface area contributed by atoms with Gasteiger partial charge in [-0.3, -0.25) is 4.79 Å². The third-order valence-corrected chi connectivity index (χ3v) is 4.18. The summed E-state index contributed by atoms with van der Waals surface area (Å²) in [6.07, 6.45) is -0.975. The number of benzene rings is 2. The van der Waals surface area contributed by atoms with E-state index in [1.54, 1.807) is 18.2 Å². The van der Waals surface area contributed by atoms with Crippen LogP contribution in [0.25, 0.3) is 0 Å². The quantitative estimate of drug-likeness (QED) is 0.726. The standard InChI is InChI=1S/C18H18BrNO5/c1-24-13-7-8-15(19)14(9-13)16(10-17(21)22)20-18(23)25-11-12-5-3-2-4-6-12/h2-9,16H,10-11H2,1H3,(H,20,23)(H,21,22)/t16-/m0/s1. The van der Waals surface area contributed by atoms with Crippen molar-refractivity contribution in [3.63, 3.8) is 0 Å². The molecule has 0 unspecified atom stereocenters. The summed E-state index contributed by atoms with van der Waals surface area (Å²) in [5.74, 6) is -0.476. The van der Waals surface area contributed by atoms with Gasteiger partial charge in [0.05, 0.1) is 19.6 Å². The molecular weight excluding hydrogens is 390 g/mol. The van der Waals surface area contributed by atoms with Crippen molar-refractivity contribution in [1.29, 1.82) is 0 Å². The number of aliphatic carboxylic acids is 1. The zero-order chi connectivity index (χ0) is 18.2. The third kappa shape index (κ3) is 5.79. The Bertz CT molecular complexity index is 736. The summed E-state index contributed by atoms with van der Waals surface area (Å²) in [7, 11) is 1.51. The van der Waals surface area contributed by atoms with Crippen LogP contribution in [0, 0.1) is 0 Å². The van der Waals surface area contributed by atoms with Gasteiger partial charge in [-0.05, 0) is 29.3 Å².